The Morgan fingerprint density at radius 3 is 2.78 bits per heavy atom. The number of hydrogen-bond acceptors (Lipinski definition) is 3. The Morgan fingerprint density at radius 1 is 1.44 bits per heavy atom. The van der Waals surface area contributed by atoms with Crippen molar-refractivity contribution in [1.82, 2.24) is 14.8 Å². The van der Waals surface area contributed by atoms with Gasteiger partial charge in [0.2, 0.25) is 5.78 Å². The number of aryl methyl sites for hydroxylation is 1. The van der Waals surface area contributed by atoms with E-state index in [-0.39, 0.29) is 11.8 Å². The maximum absolute atomic E-state index is 12.4. The van der Waals surface area contributed by atoms with Crippen LogP contribution in [0.15, 0.2) is 24.5 Å². The molecule has 0 saturated carbocycles. The minimum atomic E-state index is -0.199. The molecule has 2 aromatic rings. The monoisotopic (exact) mass is 263 g/mol. The first-order valence-electron chi connectivity index (χ1n) is 5.71. The van der Waals surface area contributed by atoms with Crippen LogP contribution in [0, 0.1) is 6.92 Å². The van der Waals surface area contributed by atoms with Crippen LogP contribution in [0.2, 0.25) is 5.02 Å². The van der Waals surface area contributed by atoms with Gasteiger partial charge in [0.05, 0.1) is 11.2 Å². The molecule has 0 spiro atoms. The highest BCUT2D eigenvalue weighted by atomic mass is 35.5. The highest BCUT2D eigenvalue weighted by Gasteiger charge is 2.21. The van der Waals surface area contributed by atoms with Crippen molar-refractivity contribution < 1.29 is 4.79 Å². The standard InChI is InChI=1S/C13H14ClN3O/c1-8(2)17-12(10(14)7-16-17)13(18)11-6-9(3)4-5-15-11/h4-8H,1-3H3. The van der Waals surface area contributed by atoms with Gasteiger partial charge in [-0.15, -0.1) is 0 Å². The van der Waals surface area contributed by atoms with Gasteiger partial charge in [0.25, 0.3) is 0 Å². The molecule has 0 amide bonds. The van der Waals surface area contributed by atoms with Crippen LogP contribution in [0.4, 0.5) is 0 Å². The largest absolute Gasteiger partial charge is 0.285 e. The molecule has 0 fully saturated rings. The molecule has 0 unspecified atom stereocenters. The number of nitrogens with zero attached hydrogens (tertiary/aromatic N) is 3. The first-order chi connectivity index (χ1) is 8.50. The smallest absolute Gasteiger partial charge is 0.230 e. The molecule has 4 nitrogen and oxygen atoms in total. The van der Waals surface area contributed by atoms with E-state index in [1.807, 2.05) is 26.8 Å². The lowest BCUT2D eigenvalue weighted by atomic mass is 10.1. The molecule has 94 valence electrons. The predicted octanol–water partition coefficient (Wildman–Crippen LogP) is 3.05. The molecule has 0 aliphatic carbocycles. The van der Waals surface area contributed by atoms with E-state index < -0.39 is 0 Å². The van der Waals surface area contributed by atoms with Crippen LogP contribution in [-0.4, -0.2) is 20.5 Å². The van der Waals surface area contributed by atoms with Crippen LogP contribution in [-0.2, 0) is 0 Å². The molecular weight excluding hydrogens is 250 g/mol. The van der Waals surface area contributed by atoms with Crippen LogP contribution in [0.1, 0.15) is 41.6 Å². The Bertz CT molecular complexity index is 590. The summed E-state index contributed by atoms with van der Waals surface area (Å²) in [5, 5.41) is 4.48. The molecule has 18 heavy (non-hydrogen) atoms. The van der Waals surface area contributed by atoms with Gasteiger partial charge in [-0.25, -0.2) is 0 Å². The van der Waals surface area contributed by atoms with Crippen molar-refractivity contribution in [2.45, 2.75) is 26.8 Å². The zero-order valence-electron chi connectivity index (χ0n) is 10.5. The van der Waals surface area contributed by atoms with E-state index in [1.54, 1.807) is 16.9 Å². The Hall–Kier alpha value is -1.68. The predicted molar refractivity (Wildman–Crippen MR) is 70.0 cm³/mol. The van der Waals surface area contributed by atoms with Crippen LogP contribution >= 0.6 is 11.6 Å². The third-order valence-electron chi connectivity index (χ3n) is 2.60. The first kappa shape index (κ1) is 12.8. The molecule has 0 radical (unpaired) electrons. The lowest BCUT2D eigenvalue weighted by Crippen LogP contribution is -2.15. The molecule has 2 heterocycles. The topological polar surface area (TPSA) is 47.8 Å². The molecular formula is C13H14ClN3O. The summed E-state index contributed by atoms with van der Waals surface area (Å²) < 4.78 is 1.62. The Balaban J connectivity index is 2.49. The molecule has 2 rings (SSSR count). The van der Waals surface area contributed by atoms with E-state index in [2.05, 4.69) is 10.1 Å². The highest BCUT2D eigenvalue weighted by molar-refractivity contribution is 6.34. The van der Waals surface area contributed by atoms with Crippen molar-refractivity contribution in [2.24, 2.45) is 0 Å². The van der Waals surface area contributed by atoms with Gasteiger partial charge in [0.15, 0.2) is 0 Å². The van der Waals surface area contributed by atoms with Crippen LogP contribution in [0.5, 0.6) is 0 Å². The molecule has 0 aliphatic heterocycles. The highest BCUT2D eigenvalue weighted by Crippen LogP contribution is 2.21. The summed E-state index contributed by atoms with van der Waals surface area (Å²) in [5.74, 6) is -0.199. The van der Waals surface area contributed by atoms with E-state index in [0.717, 1.165) is 5.56 Å². The second-order valence-electron chi connectivity index (χ2n) is 4.43. The van der Waals surface area contributed by atoms with E-state index in [4.69, 9.17) is 11.6 Å². The fourth-order valence-corrected chi connectivity index (χ4v) is 1.94. The summed E-state index contributed by atoms with van der Waals surface area (Å²) in [5.41, 5.74) is 1.77. The van der Waals surface area contributed by atoms with Crippen molar-refractivity contribution in [3.63, 3.8) is 0 Å². The van der Waals surface area contributed by atoms with Gasteiger partial charge in [-0.3, -0.25) is 14.5 Å². The number of aromatic nitrogens is 3. The van der Waals surface area contributed by atoms with Crippen LogP contribution in [0.3, 0.4) is 0 Å². The minimum Gasteiger partial charge on any atom is -0.285 e. The van der Waals surface area contributed by atoms with Crippen LogP contribution < -0.4 is 0 Å². The van der Waals surface area contributed by atoms with Crippen molar-refractivity contribution in [3.05, 3.63) is 46.5 Å². The summed E-state index contributed by atoms with van der Waals surface area (Å²) in [7, 11) is 0. The van der Waals surface area contributed by atoms with Gasteiger partial charge in [-0.1, -0.05) is 11.6 Å². The fourth-order valence-electron chi connectivity index (χ4n) is 1.73. The Labute approximate surface area is 111 Å². The van der Waals surface area contributed by atoms with Gasteiger partial charge < -0.3 is 0 Å². The second-order valence-corrected chi connectivity index (χ2v) is 4.83. The van der Waals surface area contributed by atoms with Crippen molar-refractivity contribution >= 4 is 17.4 Å². The van der Waals surface area contributed by atoms with Crippen molar-refractivity contribution in [3.8, 4) is 0 Å². The molecule has 0 bridgehead atoms. The summed E-state index contributed by atoms with van der Waals surface area (Å²) in [6.07, 6.45) is 3.11. The Morgan fingerprint density at radius 2 is 2.17 bits per heavy atom. The van der Waals surface area contributed by atoms with E-state index >= 15 is 0 Å². The molecule has 0 aliphatic rings. The molecule has 2 aromatic heterocycles. The molecule has 0 aromatic carbocycles. The average Bonchev–Trinajstić information content (AvgIpc) is 2.70. The maximum atomic E-state index is 12.4. The molecule has 0 saturated heterocycles. The number of carbonyl (C=O) groups is 1. The summed E-state index contributed by atoms with van der Waals surface area (Å²) in [6.45, 7) is 5.81. The lowest BCUT2D eigenvalue weighted by molar-refractivity contribution is 0.102. The fraction of sp³-hybridized carbons (Fsp3) is 0.308. The summed E-state index contributed by atoms with van der Waals surface area (Å²) in [6, 6.07) is 3.66. The molecule has 0 N–H and O–H groups in total. The minimum absolute atomic E-state index is 0.0706. The number of pyridine rings is 1. The zero-order valence-corrected chi connectivity index (χ0v) is 11.3. The summed E-state index contributed by atoms with van der Waals surface area (Å²) in [4.78, 5) is 16.5. The quantitative estimate of drug-likeness (QED) is 0.800. The van der Waals surface area contributed by atoms with E-state index in [0.29, 0.717) is 16.4 Å². The van der Waals surface area contributed by atoms with E-state index in [1.165, 1.54) is 6.20 Å². The van der Waals surface area contributed by atoms with Crippen molar-refractivity contribution in [2.75, 3.05) is 0 Å². The number of halogens is 1. The van der Waals surface area contributed by atoms with Gasteiger partial charge in [-0.2, -0.15) is 5.10 Å². The first-order valence-corrected chi connectivity index (χ1v) is 6.09. The van der Waals surface area contributed by atoms with Gasteiger partial charge >= 0.3 is 0 Å². The Kier molecular flexibility index (Phi) is 3.48. The lowest BCUT2D eigenvalue weighted by Gasteiger charge is -2.10. The average molecular weight is 264 g/mol. The number of rotatable bonds is 3. The third-order valence-corrected chi connectivity index (χ3v) is 2.88. The molecule has 5 heteroatoms. The van der Waals surface area contributed by atoms with E-state index in [9.17, 15) is 4.79 Å². The SMILES string of the molecule is Cc1ccnc(C(=O)c2c(Cl)cnn2C(C)C)c1. The maximum Gasteiger partial charge on any atom is 0.230 e. The van der Waals surface area contributed by atoms with Gasteiger partial charge in [0.1, 0.15) is 11.4 Å². The number of ketones is 1. The van der Waals surface area contributed by atoms with Gasteiger partial charge in [-0.05, 0) is 38.5 Å². The van der Waals surface area contributed by atoms with Gasteiger partial charge in [0, 0.05) is 12.2 Å². The zero-order chi connectivity index (χ0) is 13.3. The number of hydrogen-bond donors (Lipinski definition) is 0. The third kappa shape index (κ3) is 2.29. The van der Waals surface area contributed by atoms with Crippen LogP contribution in [0.25, 0.3) is 0 Å². The molecule has 0 atom stereocenters. The normalized spacial score (nSPS) is 10.9. The second kappa shape index (κ2) is 4.90. The number of carbonyl (C=O) groups excluding carboxylic acids is 1. The summed E-state index contributed by atoms with van der Waals surface area (Å²) >= 11 is 6.04. The van der Waals surface area contributed by atoms with Crippen molar-refractivity contribution in [1.29, 1.82) is 0 Å².